The van der Waals surface area contributed by atoms with Crippen molar-refractivity contribution in [3.63, 3.8) is 0 Å². The number of carbonyl (C=O) groups excluding carboxylic acids is 2. The molecule has 0 amide bonds. The van der Waals surface area contributed by atoms with Crippen molar-refractivity contribution in [1.29, 1.82) is 0 Å². The Labute approximate surface area is 435 Å². The van der Waals surface area contributed by atoms with E-state index in [-0.39, 0.29) is 36.2 Å². The van der Waals surface area contributed by atoms with Crippen molar-refractivity contribution in [3.8, 4) is 0 Å². The highest BCUT2D eigenvalue weighted by atomic mass is 16.6. The van der Waals surface area contributed by atoms with Gasteiger partial charge < -0.3 is 44.8 Å². The van der Waals surface area contributed by atoms with Crippen molar-refractivity contribution in [2.24, 2.45) is 50.7 Å². The lowest BCUT2D eigenvalue weighted by Crippen LogP contribution is -2.69. The summed E-state index contributed by atoms with van der Waals surface area (Å²) in [6.07, 6.45) is 16.9. The molecule has 3 aliphatic heterocycles. The lowest BCUT2D eigenvalue weighted by atomic mass is 9.33. The minimum Gasteiger partial charge on any atom is -0.396 e. The number of nitrogens with one attached hydrogen (secondary N) is 2. The molecule has 1 aromatic carbocycles. The van der Waals surface area contributed by atoms with Crippen LogP contribution in [-0.2, 0) is 44.1 Å². The van der Waals surface area contributed by atoms with Gasteiger partial charge in [-0.3, -0.25) is 9.59 Å². The van der Waals surface area contributed by atoms with Crippen LogP contribution in [0.1, 0.15) is 185 Å². The van der Waals surface area contributed by atoms with Crippen molar-refractivity contribution in [2.75, 3.05) is 33.4 Å². The van der Waals surface area contributed by atoms with E-state index in [2.05, 4.69) is 80.1 Å². The number of hydrogen-bond donors (Lipinski definition) is 6. The number of ether oxygens (including phenoxy) is 2. The molecule has 6 N–H and O–H groups in total. The molecule has 12 atom stereocenters. The lowest BCUT2D eigenvalue weighted by Gasteiger charge is -2.71. The number of benzene rings is 1. The van der Waals surface area contributed by atoms with E-state index in [1.807, 2.05) is 20.9 Å². The molecule has 73 heavy (non-hydrogen) atoms. The maximum absolute atomic E-state index is 15.6. The number of Topliss-reactive ketones (excluding diaryl/α,β-unsaturated/α-hetero) is 2. The number of nitrogens with zero attached hydrogens (tertiary/aromatic N) is 1. The van der Waals surface area contributed by atoms with Gasteiger partial charge in [0.15, 0.2) is 5.78 Å². The summed E-state index contributed by atoms with van der Waals surface area (Å²) in [6, 6.07) is 6.97. The number of H-pyrrole nitrogens is 1. The second-order valence-corrected chi connectivity index (χ2v) is 27.1. The lowest BCUT2D eigenvalue weighted by molar-refractivity contribution is -0.228. The van der Waals surface area contributed by atoms with Gasteiger partial charge in [0.2, 0.25) is 0 Å². The number of aromatic amines is 1. The summed E-state index contributed by atoms with van der Waals surface area (Å²) in [4.78, 5) is 34.3. The molecule has 400 valence electrons. The largest absolute Gasteiger partial charge is 0.396 e. The standard InChI is InChI=1S/C62H89N3O8/c1-56(2)55(73-56)46(68)32-57(3)18-16-40-34-64-50-42(28-37-27-41(38-13-10-9-11-14-38)30-43(29-37)62(71)21-25-72-26-22-62)35-65(51(40)50)36-44-48-49(57)45(67)33-61(48,7)60(6)19-17-47-58(4,20-23-63-8)54(70)39(15-12-24-66)31-59(47,5)53(60)52(44)69/h27,29-30,34-35,38-39,44,46-47,52-53,55,63-64,66,68-69,71H,9-26,28,31-33,36H2,1-8H3/t39-,44+,46+,47-,52+,53+,55+,57-,58-,59+,60-,61-/m0/s1. The number of aliphatic hydroxyl groups is 4. The van der Waals surface area contributed by atoms with Gasteiger partial charge in [-0.05, 0) is 165 Å². The first-order chi connectivity index (χ1) is 34.6. The minimum absolute atomic E-state index is 0.0389. The summed E-state index contributed by atoms with van der Waals surface area (Å²) in [6.45, 7) is 18.0. The Hall–Kier alpha value is -3.16. The molecule has 11 rings (SSSR count). The fraction of sp³-hybridized carbons (Fsp3) is 0.742. The maximum Gasteiger partial charge on any atom is 0.160 e. The van der Waals surface area contributed by atoms with Gasteiger partial charge in [-0.1, -0.05) is 72.1 Å². The average molecular weight is 1000 g/mol. The highest BCUT2D eigenvalue weighted by molar-refractivity contribution is 6.02. The predicted molar refractivity (Wildman–Crippen MR) is 284 cm³/mol. The predicted octanol–water partition coefficient (Wildman–Crippen LogP) is 9.77. The summed E-state index contributed by atoms with van der Waals surface area (Å²) in [5.41, 5.74) is 5.92. The van der Waals surface area contributed by atoms with Crippen LogP contribution in [0.3, 0.4) is 0 Å². The molecule has 2 saturated heterocycles. The topological polar surface area (TPSA) is 170 Å². The van der Waals surface area contributed by atoms with E-state index in [9.17, 15) is 25.2 Å². The van der Waals surface area contributed by atoms with E-state index in [4.69, 9.17) is 9.47 Å². The number of epoxide rings is 1. The fourth-order valence-corrected chi connectivity index (χ4v) is 18.5. The molecule has 11 heteroatoms. The van der Waals surface area contributed by atoms with Gasteiger partial charge in [0.25, 0.3) is 0 Å². The van der Waals surface area contributed by atoms with Gasteiger partial charge in [-0.2, -0.15) is 0 Å². The number of rotatable bonds is 13. The number of hydrogen-bond acceptors (Lipinski definition) is 9. The monoisotopic (exact) mass is 1000 g/mol. The van der Waals surface area contributed by atoms with Gasteiger partial charge in [0, 0.05) is 92.7 Å². The molecule has 8 aliphatic rings. The highest BCUT2D eigenvalue weighted by Gasteiger charge is 2.73. The zero-order valence-electron chi connectivity index (χ0n) is 45.6. The molecule has 0 radical (unpaired) electrons. The smallest absolute Gasteiger partial charge is 0.160 e. The van der Waals surface area contributed by atoms with Crippen LogP contribution < -0.4 is 5.32 Å². The van der Waals surface area contributed by atoms with Gasteiger partial charge in [0.05, 0.1) is 34.4 Å². The van der Waals surface area contributed by atoms with Crippen molar-refractivity contribution in [2.45, 2.75) is 206 Å². The van der Waals surface area contributed by atoms with Gasteiger partial charge in [-0.15, -0.1) is 0 Å². The highest BCUT2D eigenvalue weighted by Crippen LogP contribution is 2.76. The Morgan fingerprint density at radius 2 is 1.70 bits per heavy atom. The summed E-state index contributed by atoms with van der Waals surface area (Å²) in [5.74, 6) is 0.142. The quantitative estimate of drug-likeness (QED) is 0.0914. The number of fused-ring (bicyclic) bond motifs is 4. The molecule has 5 aliphatic carbocycles. The third-order valence-corrected chi connectivity index (χ3v) is 22.4. The van der Waals surface area contributed by atoms with Crippen LogP contribution in [0, 0.1) is 50.7 Å². The maximum atomic E-state index is 15.6. The zero-order chi connectivity index (χ0) is 51.7. The Balaban J connectivity index is 1.06. The Morgan fingerprint density at radius 1 is 0.959 bits per heavy atom. The van der Waals surface area contributed by atoms with Crippen molar-refractivity contribution >= 4 is 22.6 Å². The first-order valence-electron chi connectivity index (χ1n) is 28.9. The first-order valence-corrected chi connectivity index (χ1v) is 28.9. The minimum atomic E-state index is -0.929. The van der Waals surface area contributed by atoms with E-state index >= 15 is 4.79 Å². The van der Waals surface area contributed by atoms with E-state index < -0.39 is 56.4 Å². The van der Waals surface area contributed by atoms with Gasteiger partial charge in [-0.25, -0.2) is 0 Å². The van der Waals surface area contributed by atoms with Crippen molar-refractivity contribution in [1.82, 2.24) is 14.9 Å². The van der Waals surface area contributed by atoms with Crippen LogP contribution >= 0.6 is 0 Å². The Morgan fingerprint density at radius 3 is 2.40 bits per heavy atom. The van der Waals surface area contributed by atoms with E-state index in [1.54, 1.807) is 0 Å². The molecule has 2 aromatic heterocycles. The first kappa shape index (κ1) is 51.9. The van der Waals surface area contributed by atoms with E-state index in [0.717, 1.165) is 47.1 Å². The molecular formula is C62H89N3O8. The molecule has 0 bridgehead atoms. The second-order valence-electron chi connectivity index (χ2n) is 27.1. The molecule has 4 saturated carbocycles. The summed E-state index contributed by atoms with van der Waals surface area (Å²) < 4.78 is 14.3. The molecule has 5 heterocycles. The number of aliphatic hydroxyl groups excluding tert-OH is 3. The Kier molecular flexibility index (Phi) is 13.2. The number of aryl methyl sites for hydroxylation is 1. The third-order valence-electron chi connectivity index (χ3n) is 22.4. The van der Waals surface area contributed by atoms with E-state index in [0.29, 0.717) is 102 Å². The number of ketones is 2. The molecule has 11 nitrogen and oxygen atoms in total. The summed E-state index contributed by atoms with van der Waals surface area (Å²) in [7, 11) is 1.96. The third kappa shape index (κ3) is 8.19. The van der Waals surface area contributed by atoms with Crippen molar-refractivity contribution in [3.05, 3.63) is 69.6 Å². The van der Waals surface area contributed by atoms with Crippen LogP contribution in [0.25, 0.3) is 11.0 Å². The molecular weight excluding hydrogens is 915 g/mol. The molecule has 3 aromatic rings. The SMILES string of the molecule is CNCC[C@]1(C)C(=O)[C@@H](CCCO)C[C@@]2(C)[C@H]3[C@H](O)[C@@H]4Cn5cc(Cc6cc(C7CCCCC7)cc(C7(O)CCOCC7)c6)c6[nH]cc(c65)CC[C@@](C)(C[C@@H](O)[C@H]5OC5(C)C)C5=C4[C@](C)(CC5=O)[C@@]3(C)CC[C@H]21. The second kappa shape index (κ2) is 18.5. The molecule has 0 spiro atoms. The number of aromatic nitrogens is 2. The van der Waals surface area contributed by atoms with Crippen LogP contribution in [0.4, 0.5) is 0 Å². The van der Waals surface area contributed by atoms with E-state index in [1.165, 1.54) is 54.4 Å². The summed E-state index contributed by atoms with van der Waals surface area (Å²) in [5, 5.41) is 51.9. The van der Waals surface area contributed by atoms with Crippen molar-refractivity contribution < 1.29 is 39.5 Å². The number of carbonyl (C=O) groups is 2. The van der Waals surface area contributed by atoms with Crippen LogP contribution in [0.5, 0.6) is 0 Å². The van der Waals surface area contributed by atoms with Crippen LogP contribution in [0.2, 0.25) is 0 Å². The van der Waals surface area contributed by atoms with Gasteiger partial charge >= 0.3 is 0 Å². The average Bonchev–Trinajstić information content (AvgIpc) is 3.58. The van der Waals surface area contributed by atoms with Crippen LogP contribution in [0.15, 0.2) is 41.7 Å². The summed E-state index contributed by atoms with van der Waals surface area (Å²) >= 11 is 0. The normalized spacial score (nSPS) is 38.5. The molecule has 6 fully saturated rings. The Bertz CT molecular complexity index is 2650. The number of allylic oxidation sites excluding steroid dienone is 1. The van der Waals surface area contributed by atoms with Crippen LogP contribution in [-0.4, -0.2) is 98.9 Å². The fourth-order valence-electron chi connectivity index (χ4n) is 18.5. The van der Waals surface area contributed by atoms with Gasteiger partial charge in [0.1, 0.15) is 11.9 Å². The molecule has 0 unspecified atom stereocenters. The zero-order valence-corrected chi connectivity index (χ0v) is 45.6.